The molecule has 0 aliphatic carbocycles. The highest BCUT2D eigenvalue weighted by atomic mass is 16.4. The normalized spacial score (nSPS) is 10.4. The number of benzene rings is 1. The summed E-state index contributed by atoms with van der Waals surface area (Å²) in [5.41, 5.74) is 8.66. The van der Waals surface area contributed by atoms with Crippen LogP contribution in [0.1, 0.15) is 17.2 Å². The second kappa shape index (κ2) is 4.26. The first-order valence-electron chi connectivity index (χ1n) is 5.16. The van der Waals surface area contributed by atoms with E-state index in [1.165, 1.54) is 5.56 Å². The molecule has 0 amide bonds. The second-order valence-electron chi connectivity index (χ2n) is 3.81. The van der Waals surface area contributed by atoms with E-state index in [2.05, 4.69) is 10.3 Å². The third kappa shape index (κ3) is 2.34. The van der Waals surface area contributed by atoms with E-state index in [0.717, 1.165) is 17.1 Å². The lowest BCUT2D eigenvalue weighted by Crippen LogP contribution is -2.02. The average molecular weight is 217 g/mol. The molecule has 0 aliphatic rings. The van der Waals surface area contributed by atoms with E-state index < -0.39 is 0 Å². The van der Waals surface area contributed by atoms with Gasteiger partial charge in [-0.1, -0.05) is 6.07 Å². The first-order valence-corrected chi connectivity index (χ1v) is 5.16. The summed E-state index contributed by atoms with van der Waals surface area (Å²) in [4.78, 5) is 4.11. The summed E-state index contributed by atoms with van der Waals surface area (Å²) in [5, 5.41) is 3.20. The van der Waals surface area contributed by atoms with Crippen molar-refractivity contribution in [1.29, 1.82) is 0 Å². The van der Waals surface area contributed by atoms with Crippen molar-refractivity contribution in [3.8, 4) is 0 Å². The molecule has 84 valence electrons. The zero-order valence-electron chi connectivity index (χ0n) is 9.45. The van der Waals surface area contributed by atoms with Crippen molar-refractivity contribution < 1.29 is 4.42 Å². The molecular formula is C12H15N3O. The van der Waals surface area contributed by atoms with Gasteiger partial charge < -0.3 is 15.5 Å². The van der Waals surface area contributed by atoms with Crippen LogP contribution in [-0.2, 0) is 6.54 Å². The summed E-state index contributed by atoms with van der Waals surface area (Å²) in [6.45, 7) is 4.44. The smallest absolute Gasteiger partial charge is 0.213 e. The minimum absolute atomic E-state index is 0.543. The minimum Gasteiger partial charge on any atom is -0.444 e. The van der Waals surface area contributed by atoms with Crippen molar-refractivity contribution in [2.75, 3.05) is 11.1 Å². The SMILES string of the molecule is Cc1ccc(N)c(NCc2ncc(C)o2)c1. The van der Waals surface area contributed by atoms with Crippen LogP contribution in [0, 0.1) is 13.8 Å². The van der Waals surface area contributed by atoms with Crippen LogP contribution in [0.4, 0.5) is 11.4 Å². The largest absolute Gasteiger partial charge is 0.444 e. The summed E-state index contributed by atoms with van der Waals surface area (Å²) in [6.07, 6.45) is 1.70. The molecule has 0 radical (unpaired) electrons. The van der Waals surface area contributed by atoms with Crippen LogP contribution < -0.4 is 11.1 Å². The minimum atomic E-state index is 0.543. The van der Waals surface area contributed by atoms with Gasteiger partial charge in [0.05, 0.1) is 24.1 Å². The topological polar surface area (TPSA) is 64.1 Å². The quantitative estimate of drug-likeness (QED) is 0.775. The highest BCUT2D eigenvalue weighted by Gasteiger charge is 2.02. The molecule has 0 aliphatic heterocycles. The lowest BCUT2D eigenvalue weighted by Gasteiger charge is -2.08. The number of aromatic nitrogens is 1. The van der Waals surface area contributed by atoms with Gasteiger partial charge in [0.1, 0.15) is 5.76 Å². The summed E-state index contributed by atoms with van der Waals surface area (Å²) in [6, 6.07) is 5.87. The molecule has 2 aromatic rings. The molecule has 0 saturated carbocycles. The standard InChI is InChI=1S/C12H15N3O/c1-8-3-4-10(13)11(5-8)14-7-12-15-6-9(2)16-12/h3-6,14H,7,13H2,1-2H3. The molecule has 0 saturated heterocycles. The van der Waals surface area contributed by atoms with Crippen molar-refractivity contribution in [2.45, 2.75) is 20.4 Å². The monoisotopic (exact) mass is 217 g/mol. The Morgan fingerprint density at radius 3 is 2.88 bits per heavy atom. The number of hydrogen-bond donors (Lipinski definition) is 2. The highest BCUT2D eigenvalue weighted by molar-refractivity contribution is 5.66. The number of rotatable bonds is 3. The summed E-state index contributed by atoms with van der Waals surface area (Å²) in [5.74, 6) is 1.48. The van der Waals surface area contributed by atoms with Gasteiger partial charge in [0.25, 0.3) is 0 Å². The van der Waals surface area contributed by atoms with Crippen molar-refractivity contribution in [3.05, 3.63) is 41.6 Å². The Kier molecular flexibility index (Phi) is 2.81. The van der Waals surface area contributed by atoms with Crippen molar-refractivity contribution in [1.82, 2.24) is 4.98 Å². The maximum atomic E-state index is 5.85. The molecule has 4 heteroatoms. The molecule has 1 aromatic carbocycles. The third-order valence-electron chi connectivity index (χ3n) is 2.31. The van der Waals surface area contributed by atoms with Crippen LogP contribution in [0.25, 0.3) is 0 Å². The van der Waals surface area contributed by atoms with Crippen LogP contribution in [0.3, 0.4) is 0 Å². The number of hydrogen-bond acceptors (Lipinski definition) is 4. The first kappa shape index (κ1) is 10.5. The summed E-state index contributed by atoms with van der Waals surface area (Å²) >= 11 is 0. The number of nitrogen functional groups attached to an aromatic ring is 1. The Morgan fingerprint density at radius 2 is 2.19 bits per heavy atom. The Hall–Kier alpha value is -1.97. The molecular weight excluding hydrogens is 202 g/mol. The number of nitrogens with one attached hydrogen (secondary N) is 1. The molecule has 0 atom stereocenters. The van der Waals surface area contributed by atoms with Gasteiger partial charge in [-0.15, -0.1) is 0 Å². The fraction of sp³-hybridized carbons (Fsp3) is 0.250. The van der Waals surface area contributed by atoms with Crippen LogP contribution in [0.15, 0.2) is 28.8 Å². The molecule has 1 aromatic heterocycles. The van der Waals surface area contributed by atoms with Crippen molar-refractivity contribution in [2.24, 2.45) is 0 Å². The lowest BCUT2D eigenvalue weighted by molar-refractivity contribution is 0.479. The first-order chi connectivity index (χ1) is 7.65. The molecule has 2 rings (SSSR count). The van der Waals surface area contributed by atoms with Crippen LogP contribution in [0.2, 0.25) is 0 Å². The number of anilines is 2. The fourth-order valence-corrected chi connectivity index (χ4v) is 1.48. The van der Waals surface area contributed by atoms with E-state index in [1.807, 2.05) is 32.0 Å². The molecule has 1 heterocycles. The molecule has 4 nitrogen and oxygen atoms in total. The Labute approximate surface area is 94.5 Å². The predicted octanol–water partition coefficient (Wildman–Crippen LogP) is 2.49. The Morgan fingerprint density at radius 1 is 1.38 bits per heavy atom. The predicted molar refractivity (Wildman–Crippen MR) is 64.2 cm³/mol. The summed E-state index contributed by atoms with van der Waals surface area (Å²) in [7, 11) is 0. The number of aryl methyl sites for hydroxylation is 2. The van der Waals surface area contributed by atoms with Crippen LogP contribution in [0.5, 0.6) is 0 Å². The lowest BCUT2D eigenvalue weighted by atomic mass is 10.2. The number of nitrogens with two attached hydrogens (primary N) is 1. The van der Waals surface area contributed by atoms with E-state index in [1.54, 1.807) is 6.20 Å². The van der Waals surface area contributed by atoms with Gasteiger partial charge in [0, 0.05) is 0 Å². The number of nitrogens with zero attached hydrogens (tertiary/aromatic N) is 1. The van der Waals surface area contributed by atoms with E-state index in [9.17, 15) is 0 Å². The molecule has 0 bridgehead atoms. The van der Waals surface area contributed by atoms with Gasteiger partial charge in [0.2, 0.25) is 5.89 Å². The van der Waals surface area contributed by atoms with Crippen LogP contribution in [-0.4, -0.2) is 4.98 Å². The van der Waals surface area contributed by atoms with Gasteiger partial charge in [0.15, 0.2) is 0 Å². The second-order valence-corrected chi connectivity index (χ2v) is 3.81. The van der Waals surface area contributed by atoms with Gasteiger partial charge in [-0.25, -0.2) is 4.98 Å². The molecule has 0 unspecified atom stereocenters. The fourth-order valence-electron chi connectivity index (χ4n) is 1.48. The highest BCUT2D eigenvalue weighted by Crippen LogP contribution is 2.20. The molecule has 0 fully saturated rings. The Bertz CT molecular complexity index is 491. The van der Waals surface area contributed by atoms with E-state index >= 15 is 0 Å². The zero-order chi connectivity index (χ0) is 11.5. The van der Waals surface area contributed by atoms with Crippen LogP contribution >= 0.6 is 0 Å². The molecule has 16 heavy (non-hydrogen) atoms. The van der Waals surface area contributed by atoms with E-state index in [0.29, 0.717) is 12.4 Å². The Balaban J connectivity index is 2.07. The maximum absolute atomic E-state index is 5.85. The maximum Gasteiger partial charge on any atom is 0.213 e. The molecule has 0 spiro atoms. The average Bonchev–Trinajstić information content (AvgIpc) is 2.66. The van der Waals surface area contributed by atoms with E-state index in [4.69, 9.17) is 10.2 Å². The molecule has 3 N–H and O–H groups in total. The zero-order valence-corrected chi connectivity index (χ0v) is 9.45. The van der Waals surface area contributed by atoms with E-state index in [-0.39, 0.29) is 0 Å². The van der Waals surface area contributed by atoms with Gasteiger partial charge in [-0.2, -0.15) is 0 Å². The van der Waals surface area contributed by atoms with Crippen molar-refractivity contribution >= 4 is 11.4 Å². The number of oxazole rings is 1. The van der Waals surface area contributed by atoms with Gasteiger partial charge in [-0.3, -0.25) is 0 Å². The van der Waals surface area contributed by atoms with Crippen molar-refractivity contribution in [3.63, 3.8) is 0 Å². The summed E-state index contributed by atoms with van der Waals surface area (Å²) < 4.78 is 5.36. The van der Waals surface area contributed by atoms with Gasteiger partial charge >= 0.3 is 0 Å². The third-order valence-corrected chi connectivity index (χ3v) is 2.31. The van der Waals surface area contributed by atoms with Gasteiger partial charge in [-0.05, 0) is 31.5 Å².